The predicted octanol–water partition coefficient (Wildman–Crippen LogP) is 3.95. The van der Waals surface area contributed by atoms with Crippen molar-refractivity contribution < 1.29 is 18.9 Å². The van der Waals surface area contributed by atoms with E-state index in [4.69, 9.17) is 0 Å². The summed E-state index contributed by atoms with van der Waals surface area (Å²) in [6.45, 7) is 0. The summed E-state index contributed by atoms with van der Waals surface area (Å²) in [5, 5.41) is 14.1. The number of anilines is 1. The zero-order chi connectivity index (χ0) is 24.3. The summed E-state index contributed by atoms with van der Waals surface area (Å²) in [5.74, 6) is -1.40. The number of Topliss-reactive ketones (excluding diaryl/α,β-unsaturated/α-hetero) is 1. The molecule has 0 bridgehead atoms. The summed E-state index contributed by atoms with van der Waals surface area (Å²) in [4.78, 5) is 45.0. The van der Waals surface area contributed by atoms with Crippen LogP contribution in [0.1, 0.15) is 27.5 Å². The van der Waals surface area contributed by atoms with E-state index in [2.05, 4.69) is 10.3 Å². The molecule has 1 N–H and O–H groups in total. The molecule has 4 heterocycles. The Morgan fingerprint density at radius 3 is 2.71 bits per heavy atom. The third kappa shape index (κ3) is 3.06. The number of carbonyl (C=O) groups is 2. The number of nitrogens with one attached hydrogen (secondary N) is 1. The van der Waals surface area contributed by atoms with Crippen LogP contribution in [0.5, 0.6) is 0 Å². The maximum absolute atomic E-state index is 14.5. The fraction of sp³-hybridized carbons (Fsp3) is 0.240. The van der Waals surface area contributed by atoms with E-state index in [0.29, 0.717) is 22.9 Å². The Morgan fingerprint density at radius 1 is 1.20 bits per heavy atom. The lowest BCUT2D eigenvalue weighted by Crippen LogP contribution is -2.52. The predicted molar refractivity (Wildman–Crippen MR) is 128 cm³/mol. The second kappa shape index (κ2) is 7.96. The maximum atomic E-state index is 14.5. The lowest BCUT2D eigenvalue weighted by atomic mass is 9.70. The van der Waals surface area contributed by atoms with Crippen LogP contribution < -0.4 is 5.32 Å². The van der Waals surface area contributed by atoms with Gasteiger partial charge in [-0.15, -0.1) is 11.8 Å². The van der Waals surface area contributed by atoms with E-state index >= 15 is 0 Å². The maximum Gasteiger partial charge on any atom is 0.269 e. The molecular weight excluding hydrogens is 471 g/mol. The average Bonchev–Trinajstić information content (AvgIpc) is 3.53. The fourth-order valence-electron chi connectivity index (χ4n) is 5.91. The van der Waals surface area contributed by atoms with Crippen LogP contribution in [0, 0.1) is 21.8 Å². The van der Waals surface area contributed by atoms with Crippen molar-refractivity contribution in [2.45, 2.75) is 17.5 Å². The smallest absolute Gasteiger partial charge is 0.269 e. The summed E-state index contributed by atoms with van der Waals surface area (Å²) < 4.78 is 14.5. The van der Waals surface area contributed by atoms with Crippen LogP contribution in [0.15, 0.2) is 66.9 Å². The quantitative estimate of drug-likeness (QED) is 0.335. The second-order valence-corrected chi connectivity index (χ2v) is 9.88. The van der Waals surface area contributed by atoms with Crippen LogP contribution >= 0.6 is 11.8 Å². The van der Waals surface area contributed by atoms with Crippen LogP contribution in [0.3, 0.4) is 0 Å². The standard InChI is InChI=1S/C25H19FN4O4S/c26-15-6-9-18-17(11-15)25(24(32)28-18)22(23(31)19-3-1-2-10-27-19)21(20-12-35-13-29(20)25)14-4-7-16(8-5-14)30(33)34/h1-11,20-22H,12-13H2,(H,28,32)/t20?,21?,22?,25-/m1/s1. The second-order valence-electron chi connectivity index (χ2n) is 8.88. The molecule has 1 amide bonds. The van der Waals surface area contributed by atoms with E-state index in [1.54, 1.807) is 42.1 Å². The van der Waals surface area contributed by atoms with Gasteiger partial charge in [-0.1, -0.05) is 18.2 Å². The number of non-ortho nitro benzene ring substituents is 1. The Bertz CT molecular complexity index is 1370. The minimum atomic E-state index is -1.42. The molecule has 176 valence electrons. The van der Waals surface area contributed by atoms with Gasteiger partial charge in [-0.05, 0) is 35.9 Å². The topological polar surface area (TPSA) is 105 Å². The first-order valence-electron chi connectivity index (χ1n) is 11.1. The van der Waals surface area contributed by atoms with Crippen molar-refractivity contribution in [1.82, 2.24) is 9.88 Å². The number of halogens is 1. The normalized spacial score (nSPS) is 27.0. The molecule has 3 aliphatic rings. The lowest BCUT2D eigenvalue weighted by Gasteiger charge is -2.36. The van der Waals surface area contributed by atoms with E-state index in [-0.39, 0.29) is 29.1 Å². The molecule has 35 heavy (non-hydrogen) atoms. The van der Waals surface area contributed by atoms with Crippen LogP contribution in [-0.4, -0.2) is 44.2 Å². The van der Waals surface area contributed by atoms with E-state index in [9.17, 15) is 24.1 Å². The number of benzene rings is 2. The molecule has 2 fully saturated rings. The molecule has 2 aromatic carbocycles. The van der Waals surface area contributed by atoms with Crippen LogP contribution in [0.25, 0.3) is 0 Å². The molecule has 0 radical (unpaired) electrons. The number of rotatable bonds is 4. The summed E-state index contributed by atoms with van der Waals surface area (Å²) in [6.07, 6.45) is 1.52. The summed E-state index contributed by atoms with van der Waals surface area (Å²) >= 11 is 1.64. The first-order valence-corrected chi connectivity index (χ1v) is 12.2. The van der Waals surface area contributed by atoms with Gasteiger partial charge in [-0.25, -0.2) is 4.39 Å². The van der Waals surface area contributed by atoms with Gasteiger partial charge in [0, 0.05) is 53.2 Å². The van der Waals surface area contributed by atoms with Crippen molar-refractivity contribution >= 4 is 34.8 Å². The summed E-state index contributed by atoms with van der Waals surface area (Å²) in [6, 6.07) is 15.1. The minimum Gasteiger partial charge on any atom is -0.324 e. The first kappa shape index (κ1) is 21.9. The first-order chi connectivity index (χ1) is 16.9. The largest absolute Gasteiger partial charge is 0.324 e. The highest BCUT2D eigenvalue weighted by Gasteiger charge is 2.69. The van der Waals surface area contributed by atoms with Gasteiger partial charge in [-0.2, -0.15) is 0 Å². The molecule has 2 saturated heterocycles. The summed E-state index contributed by atoms with van der Waals surface area (Å²) in [7, 11) is 0. The number of ketones is 1. The Morgan fingerprint density at radius 2 is 2.00 bits per heavy atom. The van der Waals surface area contributed by atoms with E-state index in [1.165, 1.54) is 36.5 Å². The van der Waals surface area contributed by atoms with Crippen molar-refractivity contribution in [1.29, 1.82) is 0 Å². The van der Waals surface area contributed by atoms with Gasteiger partial charge in [-0.3, -0.25) is 29.6 Å². The highest BCUT2D eigenvalue weighted by Crippen LogP contribution is 2.61. The zero-order valence-corrected chi connectivity index (χ0v) is 19.1. The van der Waals surface area contributed by atoms with Crippen molar-refractivity contribution in [2.24, 2.45) is 5.92 Å². The van der Waals surface area contributed by atoms with Crippen LogP contribution in [0.2, 0.25) is 0 Å². The number of thioether (sulfide) groups is 1. The number of aromatic nitrogens is 1. The van der Waals surface area contributed by atoms with E-state index in [0.717, 1.165) is 5.56 Å². The third-order valence-corrected chi connectivity index (χ3v) is 8.31. The Kier molecular flexibility index (Phi) is 4.97. The van der Waals surface area contributed by atoms with Gasteiger partial charge in [0.15, 0.2) is 5.78 Å². The van der Waals surface area contributed by atoms with Crippen molar-refractivity contribution in [2.75, 3.05) is 16.9 Å². The number of nitro groups is 1. The molecule has 1 spiro atoms. The zero-order valence-electron chi connectivity index (χ0n) is 18.3. The SMILES string of the molecule is O=C(c1ccccn1)C1C(c2ccc([N+](=O)[O-])cc2)C2CSCN2[C@@]12C(=O)Nc1ccc(F)cc12. The number of carbonyl (C=O) groups excluding carboxylic acids is 2. The molecule has 3 aromatic rings. The van der Waals surface area contributed by atoms with Gasteiger partial charge in [0.2, 0.25) is 5.91 Å². The summed E-state index contributed by atoms with van der Waals surface area (Å²) in [5.41, 5.74) is 0.376. The monoisotopic (exact) mass is 490 g/mol. The molecule has 4 atom stereocenters. The van der Waals surface area contributed by atoms with Gasteiger partial charge < -0.3 is 5.32 Å². The van der Waals surface area contributed by atoms with Crippen LogP contribution in [0.4, 0.5) is 15.8 Å². The van der Waals surface area contributed by atoms with Crippen molar-refractivity contribution in [3.05, 3.63) is 99.6 Å². The lowest BCUT2D eigenvalue weighted by molar-refractivity contribution is -0.384. The van der Waals surface area contributed by atoms with Gasteiger partial charge >= 0.3 is 0 Å². The number of nitrogens with zero attached hydrogens (tertiary/aromatic N) is 3. The van der Waals surface area contributed by atoms with E-state index in [1.807, 2.05) is 4.90 Å². The number of hydrogen-bond donors (Lipinski definition) is 1. The molecular formula is C25H19FN4O4S. The number of nitro benzene ring substituents is 1. The Hall–Kier alpha value is -3.63. The molecule has 10 heteroatoms. The highest BCUT2D eigenvalue weighted by atomic mass is 32.2. The van der Waals surface area contributed by atoms with Crippen molar-refractivity contribution in [3.63, 3.8) is 0 Å². The highest BCUT2D eigenvalue weighted by molar-refractivity contribution is 7.99. The molecule has 8 nitrogen and oxygen atoms in total. The molecule has 1 aromatic heterocycles. The molecule has 6 rings (SSSR count). The third-order valence-electron chi connectivity index (χ3n) is 7.27. The number of amides is 1. The number of pyridine rings is 1. The number of fused-ring (bicyclic) bond motifs is 4. The fourth-order valence-corrected chi connectivity index (χ4v) is 7.23. The molecule has 0 aliphatic carbocycles. The Balaban J connectivity index is 1.60. The van der Waals surface area contributed by atoms with E-state index < -0.39 is 28.1 Å². The van der Waals surface area contributed by atoms with Gasteiger partial charge in [0.25, 0.3) is 5.69 Å². The Labute approximate surface area is 203 Å². The minimum absolute atomic E-state index is 0.0576. The van der Waals surface area contributed by atoms with Gasteiger partial charge in [0.1, 0.15) is 17.1 Å². The number of hydrogen-bond acceptors (Lipinski definition) is 7. The molecule has 0 saturated carbocycles. The van der Waals surface area contributed by atoms with Crippen LogP contribution in [-0.2, 0) is 10.3 Å². The average molecular weight is 491 g/mol. The van der Waals surface area contributed by atoms with Gasteiger partial charge in [0.05, 0.1) is 10.8 Å². The van der Waals surface area contributed by atoms with Crippen molar-refractivity contribution in [3.8, 4) is 0 Å². The molecule has 3 unspecified atom stereocenters. The molecule has 3 aliphatic heterocycles.